The van der Waals surface area contributed by atoms with Gasteiger partial charge < -0.3 is 10.2 Å². The fourth-order valence-corrected chi connectivity index (χ4v) is 3.70. The van der Waals surface area contributed by atoms with Crippen LogP contribution in [0.3, 0.4) is 0 Å². The van der Waals surface area contributed by atoms with Gasteiger partial charge in [0.25, 0.3) is 0 Å². The van der Waals surface area contributed by atoms with Crippen molar-refractivity contribution in [3.63, 3.8) is 0 Å². The summed E-state index contributed by atoms with van der Waals surface area (Å²) in [5.41, 5.74) is 0. The Morgan fingerprint density at radius 3 is 2.38 bits per heavy atom. The third-order valence-electron chi connectivity index (χ3n) is 4.64. The molecule has 1 atom stereocenters. The summed E-state index contributed by atoms with van der Waals surface area (Å²) in [5.74, 6) is 0.934. The normalized spacial score (nSPS) is 25.8. The van der Waals surface area contributed by atoms with Crippen LogP contribution in [0.5, 0.6) is 0 Å². The molecule has 4 nitrogen and oxygen atoms in total. The van der Waals surface area contributed by atoms with Crippen molar-refractivity contribution in [2.45, 2.75) is 58.4 Å². The molecule has 0 aliphatic carbocycles. The average Bonchev–Trinajstić information content (AvgIpc) is 2.66. The van der Waals surface area contributed by atoms with Crippen LogP contribution in [0.15, 0.2) is 0 Å². The number of nitrogens with one attached hydrogen (secondary N) is 1. The summed E-state index contributed by atoms with van der Waals surface area (Å²) in [6, 6.07) is 0.246. The van der Waals surface area contributed by atoms with E-state index in [-0.39, 0.29) is 11.9 Å². The van der Waals surface area contributed by atoms with Gasteiger partial charge in [-0.3, -0.25) is 9.69 Å². The van der Waals surface area contributed by atoms with Crippen LogP contribution in [-0.4, -0.2) is 61.0 Å². The van der Waals surface area contributed by atoms with Crippen LogP contribution in [0, 0.1) is 5.92 Å². The van der Waals surface area contributed by atoms with E-state index in [1.807, 2.05) is 13.8 Å². The molecule has 1 N–H and O–H groups in total. The lowest BCUT2D eigenvalue weighted by Gasteiger charge is -2.35. The van der Waals surface area contributed by atoms with Gasteiger partial charge in [-0.05, 0) is 65.1 Å². The smallest absolute Gasteiger partial charge is 0.234 e. The minimum atomic E-state index is 0.181. The SMILES string of the molecule is CC(C)NC(=O)CN1CCC[C@@H](CN2CCCCCC2)C1. The van der Waals surface area contributed by atoms with E-state index in [1.165, 1.54) is 58.2 Å². The summed E-state index contributed by atoms with van der Waals surface area (Å²) < 4.78 is 0. The van der Waals surface area contributed by atoms with Gasteiger partial charge in [-0.25, -0.2) is 0 Å². The number of likely N-dealkylation sites (tertiary alicyclic amines) is 2. The zero-order valence-electron chi connectivity index (χ0n) is 13.9. The van der Waals surface area contributed by atoms with Gasteiger partial charge in [0.05, 0.1) is 6.54 Å². The Bertz CT molecular complexity index is 311. The first-order valence-electron chi connectivity index (χ1n) is 8.87. The monoisotopic (exact) mass is 295 g/mol. The second kappa shape index (κ2) is 8.74. The summed E-state index contributed by atoms with van der Waals surface area (Å²) in [7, 11) is 0. The number of carbonyl (C=O) groups is 1. The van der Waals surface area contributed by atoms with Crippen molar-refractivity contribution >= 4 is 5.91 Å². The van der Waals surface area contributed by atoms with Gasteiger partial charge >= 0.3 is 0 Å². The Balaban J connectivity index is 1.73. The van der Waals surface area contributed by atoms with Crippen LogP contribution in [0.1, 0.15) is 52.4 Å². The molecule has 2 rings (SSSR count). The van der Waals surface area contributed by atoms with Crippen LogP contribution in [0.2, 0.25) is 0 Å². The molecule has 0 aromatic carbocycles. The lowest BCUT2D eigenvalue weighted by molar-refractivity contribution is -0.123. The van der Waals surface area contributed by atoms with Gasteiger partial charge in [0.15, 0.2) is 0 Å². The van der Waals surface area contributed by atoms with Gasteiger partial charge in [-0.1, -0.05) is 12.8 Å². The quantitative estimate of drug-likeness (QED) is 0.844. The number of piperidine rings is 1. The lowest BCUT2D eigenvalue weighted by atomic mass is 9.97. The highest BCUT2D eigenvalue weighted by Gasteiger charge is 2.23. The third kappa shape index (κ3) is 6.35. The van der Waals surface area contributed by atoms with Crippen LogP contribution >= 0.6 is 0 Å². The Kier molecular flexibility index (Phi) is 6.97. The first-order valence-corrected chi connectivity index (χ1v) is 8.87. The standard InChI is InChI=1S/C17H33N3O/c1-15(2)18-17(21)14-20-11-7-8-16(13-20)12-19-9-5-3-4-6-10-19/h15-16H,3-14H2,1-2H3,(H,18,21)/t16-/m0/s1. The number of carbonyl (C=O) groups excluding carboxylic acids is 1. The van der Waals surface area contributed by atoms with Crippen LogP contribution in [-0.2, 0) is 4.79 Å². The van der Waals surface area contributed by atoms with E-state index in [9.17, 15) is 4.79 Å². The Hall–Kier alpha value is -0.610. The highest BCUT2D eigenvalue weighted by atomic mass is 16.2. The van der Waals surface area contributed by atoms with Gasteiger partial charge in [0, 0.05) is 19.1 Å². The highest BCUT2D eigenvalue weighted by molar-refractivity contribution is 5.78. The van der Waals surface area contributed by atoms with Crippen molar-refractivity contribution in [1.82, 2.24) is 15.1 Å². The third-order valence-corrected chi connectivity index (χ3v) is 4.64. The molecule has 0 saturated carbocycles. The second-order valence-electron chi connectivity index (χ2n) is 7.18. The Labute approximate surface area is 130 Å². The first kappa shape index (κ1) is 16.8. The van der Waals surface area contributed by atoms with Crippen LogP contribution < -0.4 is 5.32 Å². The fraction of sp³-hybridized carbons (Fsp3) is 0.941. The maximum Gasteiger partial charge on any atom is 0.234 e. The van der Waals surface area contributed by atoms with E-state index in [0.29, 0.717) is 6.54 Å². The molecule has 1 amide bonds. The second-order valence-corrected chi connectivity index (χ2v) is 7.18. The summed E-state index contributed by atoms with van der Waals surface area (Å²) in [5, 5.41) is 3.00. The molecule has 122 valence electrons. The van der Waals surface area contributed by atoms with Gasteiger partial charge in [-0.15, -0.1) is 0 Å². The molecule has 2 saturated heterocycles. The molecule has 21 heavy (non-hydrogen) atoms. The molecule has 0 unspecified atom stereocenters. The molecule has 2 heterocycles. The van der Waals surface area contributed by atoms with Gasteiger partial charge in [0.2, 0.25) is 5.91 Å². The topological polar surface area (TPSA) is 35.6 Å². The number of nitrogens with zero attached hydrogens (tertiary/aromatic N) is 2. The van der Waals surface area contributed by atoms with Gasteiger partial charge in [-0.2, -0.15) is 0 Å². The minimum absolute atomic E-state index is 0.181. The van der Waals surface area contributed by atoms with E-state index in [1.54, 1.807) is 0 Å². The van der Waals surface area contributed by atoms with E-state index >= 15 is 0 Å². The summed E-state index contributed by atoms with van der Waals surface area (Å²) in [6.07, 6.45) is 8.12. The van der Waals surface area contributed by atoms with Crippen LogP contribution in [0.25, 0.3) is 0 Å². The van der Waals surface area contributed by atoms with E-state index in [4.69, 9.17) is 0 Å². The van der Waals surface area contributed by atoms with Crippen molar-refractivity contribution < 1.29 is 4.79 Å². The predicted octanol–water partition coefficient (Wildman–Crippen LogP) is 2.10. The summed E-state index contributed by atoms with van der Waals surface area (Å²) in [6.45, 7) is 10.6. The highest BCUT2D eigenvalue weighted by Crippen LogP contribution is 2.19. The van der Waals surface area contributed by atoms with Crippen molar-refractivity contribution in [2.24, 2.45) is 5.92 Å². The molecule has 2 aliphatic rings. The molecule has 2 aliphatic heterocycles. The van der Waals surface area contributed by atoms with Crippen molar-refractivity contribution in [3.8, 4) is 0 Å². The molecular formula is C17H33N3O. The maximum absolute atomic E-state index is 11.9. The zero-order chi connectivity index (χ0) is 15.1. The number of rotatable bonds is 5. The van der Waals surface area contributed by atoms with Crippen molar-refractivity contribution in [1.29, 1.82) is 0 Å². The molecule has 0 spiro atoms. The Morgan fingerprint density at radius 1 is 1.05 bits per heavy atom. The first-order chi connectivity index (χ1) is 10.1. The number of hydrogen-bond donors (Lipinski definition) is 1. The zero-order valence-corrected chi connectivity index (χ0v) is 13.9. The molecular weight excluding hydrogens is 262 g/mol. The molecule has 4 heteroatoms. The molecule has 2 fully saturated rings. The van der Waals surface area contributed by atoms with Crippen molar-refractivity contribution in [2.75, 3.05) is 39.3 Å². The van der Waals surface area contributed by atoms with E-state index in [2.05, 4.69) is 15.1 Å². The molecule has 0 aromatic rings. The van der Waals surface area contributed by atoms with Crippen molar-refractivity contribution in [3.05, 3.63) is 0 Å². The largest absolute Gasteiger partial charge is 0.353 e. The van der Waals surface area contributed by atoms with E-state index < -0.39 is 0 Å². The minimum Gasteiger partial charge on any atom is -0.353 e. The predicted molar refractivity (Wildman–Crippen MR) is 87.4 cm³/mol. The van der Waals surface area contributed by atoms with Crippen LogP contribution in [0.4, 0.5) is 0 Å². The number of hydrogen-bond acceptors (Lipinski definition) is 3. The number of amides is 1. The molecule has 0 bridgehead atoms. The molecule has 0 aromatic heterocycles. The Morgan fingerprint density at radius 2 is 1.71 bits per heavy atom. The summed E-state index contributed by atoms with van der Waals surface area (Å²) in [4.78, 5) is 16.9. The lowest BCUT2D eigenvalue weighted by Crippen LogP contribution is -2.46. The molecule has 0 radical (unpaired) electrons. The average molecular weight is 295 g/mol. The fourth-order valence-electron chi connectivity index (χ4n) is 3.70. The van der Waals surface area contributed by atoms with E-state index in [0.717, 1.165) is 19.0 Å². The maximum atomic E-state index is 11.9. The van der Waals surface area contributed by atoms with Gasteiger partial charge in [0.1, 0.15) is 0 Å². The summed E-state index contributed by atoms with van der Waals surface area (Å²) >= 11 is 0.